The van der Waals surface area contributed by atoms with Crippen molar-refractivity contribution in [2.45, 2.75) is 6.04 Å². The van der Waals surface area contributed by atoms with Crippen LogP contribution in [-0.2, 0) is 4.74 Å². The van der Waals surface area contributed by atoms with Gasteiger partial charge in [0.2, 0.25) is 0 Å². The highest BCUT2D eigenvalue weighted by atomic mass is 32.2. The van der Waals surface area contributed by atoms with Crippen LogP contribution in [0.2, 0.25) is 0 Å². The fraction of sp³-hybridized carbons (Fsp3) is 1.00. The summed E-state index contributed by atoms with van der Waals surface area (Å²) in [4.78, 5) is 5.10. The van der Waals surface area contributed by atoms with Gasteiger partial charge in [0, 0.05) is 38.1 Å². The third-order valence-corrected chi connectivity index (χ3v) is 3.46. The molecule has 0 spiro atoms. The van der Waals surface area contributed by atoms with Crippen molar-refractivity contribution in [1.82, 2.24) is 9.80 Å². The van der Waals surface area contributed by atoms with E-state index in [2.05, 4.69) is 16.1 Å². The largest absolute Gasteiger partial charge is 0.378 e. The van der Waals surface area contributed by atoms with Crippen molar-refractivity contribution in [3.63, 3.8) is 0 Å². The van der Waals surface area contributed by atoms with Crippen molar-refractivity contribution >= 4 is 11.8 Å². The molecule has 0 saturated carbocycles. The summed E-state index contributed by atoms with van der Waals surface area (Å²) in [6, 6.07) is 0.662. The summed E-state index contributed by atoms with van der Waals surface area (Å²) in [5.74, 6) is 1.17. The van der Waals surface area contributed by atoms with Gasteiger partial charge in [0.25, 0.3) is 0 Å². The average molecular weight is 202 g/mol. The van der Waals surface area contributed by atoms with Gasteiger partial charge in [-0.2, -0.15) is 0 Å². The Balaban J connectivity index is 1.84. The van der Waals surface area contributed by atoms with Gasteiger partial charge >= 0.3 is 0 Å². The van der Waals surface area contributed by atoms with Gasteiger partial charge < -0.3 is 4.74 Å². The second-order valence-corrected chi connectivity index (χ2v) is 4.60. The number of hydrogen-bond acceptors (Lipinski definition) is 4. The van der Waals surface area contributed by atoms with Gasteiger partial charge in [-0.25, -0.2) is 0 Å². The fourth-order valence-electron chi connectivity index (χ4n) is 2.11. The molecule has 2 saturated heterocycles. The van der Waals surface area contributed by atoms with Crippen LogP contribution in [-0.4, -0.2) is 67.4 Å². The minimum Gasteiger partial charge on any atom is -0.378 e. The van der Waals surface area contributed by atoms with Crippen LogP contribution in [0.5, 0.6) is 0 Å². The average Bonchev–Trinajstić information content (AvgIpc) is 2.18. The van der Waals surface area contributed by atoms with E-state index in [4.69, 9.17) is 4.74 Å². The molecule has 2 fully saturated rings. The normalized spacial score (nSPS) is 31.6. The van der Waals surface area contributed by atoms with Crippen LogP contribution in [0.3, 0.4) is 0 Å². The molecule has 2 aliphatic rings. The van der Waals surface area contributed by atoms with Crippen molar-refractivity contribution in [3.05, 3.63) is 0 Å². The van der Waals surface area contributed by atoms with Crippen LogP contribution in [0.1, 0.15) is 0 Å². The summed E-state index contributed by atoms with van der Waals surface area (Å²) < 4.78 is 5.49. The van der Waals surface area contributed by atoms with Crippen LogP contribution < -0.4 is 0 Å². The number of morpholine rings is 1. The maximum absolute atomic E-state index is 5.49. The lowest BCUT2D eigenvalue weighted by molar-refractivity contribution is -0.0408. The summed E-state index contributed by atoms with van der Waals surface area (Å²) in [5.41, 5.74) is 0. The summed E-state index contributed by atoms with van der Waals surface area (Å²) in [5, 5.41) is 0. The first-order valence-corrected chi connectivity index (χ1v) is 6.32. The van der Waals surface area contributed by atoms with Crippen molar-refractivity contribution in [1.29, 1.82) is 0 Å². The van der Waals surface area contributed by atoms with Crippen molar-refractivity contribution in [3.8, 4) is 0 Å². The molecule has 2 heterocycles. The van der Waals surface area contributed by atoms with E-state index in [1.54, 1.807) is 0 Å². The molecule has 4 heteroatoms. The lowest BCUT2D eigenvalue weighted by atomic mass is 10.1. The van der Waals surface area contributed by atoms with E-state index in [1.807, 2.05) is 11.8 Å². The molecule has 0 aliphatic carbocycles. The van der Waals surface area contributed by atoms with Crippen LogP contribution in [0.25, 0.3) is 0 Å². The van der Waals surface area contributed by atoms with Crippen LogP contribution in [0.4, 0.5) is 0 Å². The SMILES string of the molecule is CSCN1CCN2CCOCC2C1. The van der Waals surface area contributed by atoms with Gasteiger partial charge in [0.05, 0.1) is 13.2 Å². The summed E-state index contributed by atoms with van der Waals surface area (Å²) >= 11 is 1.91. The van der Waals surface area contributed by atoms with Gasteiger partial charge in [0.1, 0.15) is 0 Å². The van der Waals surface area contributed by atoms with Crippen molar-refractivity contribution in [2.75, 3.05) is 51.5 Å². The number of fused-ring (bicyclic) bond motifs is 1. The molecule has 1 unspecified atom stereocenters. The molecule has 0 amide bonds. The zero-order valence-corrected chi connectivity index (χ0v) is 9.05. The molecular formula is C9H18N2OS. The van der Waals surface area contributed by atoms with Crippen LogP contribution >= 0.6 is 11.8 Å². The Morgan fingerprint density at radius 3 is 3.15 bits per heavy atom. The number of nitrogens with zero attached hydrogens (tertiary/aromatic N) is 2. The molecule has 2 rings (SSSR count). The first-order valence-electron chi connectivity index (χ1n) is 4.93. The quantitative estimate of drug-likeness (QED) is 0.641. The van der Waals surface area contributed by atoms with E-state index >= 15 is 0 Å². The molecule has 1 atom stereocenters. The Morgan fingerprint density at radius 1 is 1.38 bits per heavy atom. The van der Waals surface area contributed by atoms with E-state index in [9.17, 15) is 0 Å². The van der Waals surface area contributed by atoms with Crippen molar-refractivity contribution < 1.29 is 4.74 Å². The zero-order valence-electron chi connectivity index (χ0n) is 8.24. The zero-order chi connectivity index (χ0) is 9.10. The van der Waals surface area contributed by atoms with Crippen LogP contribution in [0, 0.1) is 0 Å². The molecule has 13 heavy (non-hydrogen) atoms. The summed E-state index contributed by atoms with van der Waals surface area (Å²) in [7, 11) is 0. The Labute approximate surface area is 84.4 Å². The van der Waals surface area contributed by atoms with Crippen LogP contribution in [0.15, 0.2) is 0 Å². The van der Waals surface area contributed by atoms with Gasteiger partial charge in [-0.1, -0.05) is 0 Å². The highest BCUT2D eigenvalue weighted by molar-refractivity contribution is 7.98. The van der Waals surface area contributed by atoms with Gasteiger partial charge in [0.15, 0.2) is 0 Å². The predicted octanol–water partition coefficient (Wildman–Crippen LogP) is 0.323. The number of rotatable bonds is 2. The minimum absolute atomic E-state index is 0.662. The second-order valence-electron chi connectivity index (χ2n) is 3.76. The standard InChI is InChI=1S/C9H18N2OS/c1-13-8-10-2-3-11-4-5-12-7-9(11)6-10/h9H,2-8H2,1H3. The first kappa shape index (κ1) is 9.77. The molecule has 0 bridgehead atoms. The maximum atomic E-state index is 5.49. The number of ether oxygens (including phenoxy) is 1. The number of piperazine rings is 1. The first-order chi connectivity index (χ1) is 6.40. The molecule has 2 aliphatic heterocycles. The molecule has 0 radical (unpaired) electrons. The third-order valence-electron chi connectivity index (χ3n) is 2.83. The van der Waals surface area contributed by atoms with Gasteiger partial charge in [-0.15, -0.1) is 11.8 Å². The van der Waals surface area contributed by atoms with E-state index in [1.165, 1.54) is 25.5 Å². The Kier molecular flexibility index (Phi) is 3.49. The minimum atomic E-state index is 0.662. The third kappa shape index (κ3) is 2.37. The molecular weight excluding hydrogens is 184 g/mol. The highest BCUT2D eigenvalue weighted by Gasteiger charge is 2.28. The van der Waals surface area contributed by atoms with E-state index < -0.39 is 0 Å². The topological polar surface area (TPSA) is 15.7 Å². The smallest absolute Gasteiger partial charge is 0.0634 e. The predicted molar refractivity (Wildman–Crippen MR) is 56.1 cm³/mol. The number of hydrogen-bond donors (Lipinski definition) is 0. The van der Waals surface area contributed by atoms with E-state index in [0.717, 1.165) is 19.8 Å². The van der Waals surface area contributed by atoms with E-state index in [-0.39, 0.29) is 0 Å². The Hall–Kier alpha value is 0.230. The van der Waals surface area contributed by atoms with Gasteiger partial charge in [-0.05, 0) is 6.26 Å². The molecule has 0 aromatic carbocycles. The highest BCUT2D eigenvalue weighted by Crippen LogP contribution is 2.14. The molecule has 76 valence electrons. The van der Waals surface area contributed by atoms with E-state index in [0.29, 0.717) is 6.04 Å². The Morgan fingerprint density at radius 2 is 2.31 bits per heavy atom. The Bertz CT molecular complexity index is 168. The summed E-state index contributed by atoms with van der Waals surface area (Å²) in [6.07, 6.45) is 2.17. The number of thioether (sulfide) groups is 1. The van der Waals surface area contributed by atoms with Gasteiger partial charge in [-0.3, -0.25) is 9.80 Å². The molecule has 0 aromatic heterocycles. The fourth-order valence-corrected chi connectivity index (χ4v) is 2.71. The molecule has 3 nitrogen and oxygen atoms in total. The maximum Gasteiger partial charge on any atom is 0.0634 e. The monoisotopic (exact) mass is 202 g/mol. The molecule has 0 aromatic rings. The molecule has 0 N–H and O–H groups in total. The lowest BCUT2D eigenvalue weighted by Crippen LogP contribution is -2.57. The summed E-state index contributed by atoms with van der Waals surface area (Å²) in [6.45, 7) is 6.66. The van der Waals surface area contributed by atoms with Crippen molar-refractivity contribution in [2.24, 2.45) is 0 Å². The second kappa shape index (κ2) is 4.64. The lowest BCUT2D eigenvalue weighted by Gasteiger charge is -2.43.